The summed E-state index contributed by atoms with van der Waals surface area (Å²) in [7, 11) is 1.71. The standard InChI is InChI=1S/C19H30FN3O2/c1-4-25-18(24)9-7-5-6-8-12-22-19(21-3)23-14-16-11-10-15(2)17(20)13-16/h10-11,13H,4-9,12,14H2,1-3H3,(H2,21,22,23). The van der Waals surface area contributed by atoms with Crippen molar-refractivity contribution in [3.63, 3.8) is 0 Å². The first kappa shape index (κ1) is 20.9. The van der Waals surface area contributed by atoms with Crippen molar-refractivity contribution in [2.75, 3.05) is 20.2 Å². The van der Waals surface area contributed by atoms with Crippen molar-refractivity contribution in [2.45, 2.75) is 52.5 Å². The molecule has 25 heavy (non-hydrogen) atoms. The van der Waals surface area contributed by atoms with Gasteiger partial charge in [0.25, 0.3) is 0 Å². The van der Waals surface area contributed by atoms with E-state index in [1.165, 1.54) is 0 Å². The number of guanidine groups is 1. The Balaban J connectivity index is 2.14. The molecule has 0 fully saturated rings. The lowest BCUT2D eigenvalue weighted by molar-refractivity contribution is -0.143. The highest BCUT2D eigenvalue weighted by atomic mass is 19.1. The lowest BCUT2D eigenvalue weighted by Crippen LogP contribution is -2.37. The van der Waals surface area contributed by atoms with Crippen molar-refractivity contribution in [3.8, 4) is 0 Å². The second kappa shape index (κ2) is 12.3. The lowest BCUT2D eigenvalue weighted by Gasteiger charge is -2.12. The third-order valence-corrected chi connectivity index (χ3v) is 3.83. The number of benzene rings is 1. The van der Waals surface area contributed by atoms with Gasteiger partial charge in [-0.25, -0.2) is 4.39 Å². The van der Waals surface area contributed by atoms with E-state index >= 15 is 0 Å². The molecule has 6 heteroatoms. The van der Waals surface area contributed by atoms with Gasteiger partial charge in [-0.1, -0.05) is 25.0 Å². The zero-order chi connectivity index (χ0) is 18.5. The maximum Gasteiger partial charge on any atom is 0.305 e. The molecule has 0 radical (unpaired) electrons. The molecule has 0 spiro atoms. The lowest BCUT2D eigenvalue weighted by atomic mass is 10.1. The molecule has 5 nitrogen and oxygen atoms in total. The van der Waals surface area contributed by atoms with Gasteiger partial charge >= 0.3 is 5.97 Å². The minimum atomic E-state index is -0.190. The summed E-state index contributed by atoms with van der Waals surface area (Å²) in [6.45, 7) is 5.35. The summed E-state index contributed by atoms with van der Waals surface area (Å²) in [5.74, 6) is 0.398. The van der Waals surface area contributed by atoms with E-state index in [0.717, 1.165) is 37.8 Å². The predicted molar refractivity (Wildman–Crippen MR) is 99.1 cm³/mol. The summed E-state index contributed by atoms with van der Waals surface area (Å²) in [6, 6.07) is 5.22. The number of nitrogens with zero attached hydrogens (tertiary/aromatic N) is 1. The van der Waals surface area contributed by atoms with Gasteiger partial charge in [0, 0.05) is 26.6 Å². The molecule has 0 aliphatic heterocycles. The molecule has 1 aromatic rings. The molecule has 0 aromatic heterocycles. The molecule has 0 saturated heterocycles. The molecule has 0 unspecified atom stereocenters. The summed E-state index contributed by atoms with van der Waals surface area (Å²) < 4.78 is 18.4. The number of hydrogen-bond donors (Lipinski definition) is 2. The molecule has 0 aliphatic carbocycles. The Labute approximate surface area is 150 Å². The smallest absolute Gasteiger partial charge is 0.305 e. The van der Waals surface area contributed by atoms with Crippen LogP contribution in [0, 0.1) is 12.7 Å². The topological polar surface area (TPSA) is 62.7 Å². The molecule has 0 bridgehead atoms. The molecular weight excluding hydrogens is 321 g/mol. The number of aryl methyl sites for hydroxylation is 1. The van der Waals surface area contributed by atoms with Crippen molar-refractivity contribution < 1.29 is 13.9 Å². The number of carbonyl (C=O) groups is 1. The average Bonchev–Trinajstić information content (AvgIpc) is 2.60. The van der Waals surface area contributed by atoms with Crippen molar-refractivity contribution in [2.24, 2.45) is 4.99 Å². The second-order valence-corrected chi connectivity index (χ2v) is 5.91. The number of unbranched alkanes of at least 4 members (excludes halogenated alkanes) is 3. The van der Waals surface area contributed by atoms with Crippen molar-refractivity contribution >= 4 is 11.9 Å². The molecule has 1 aromatic carbocycles. The van der Waals surface area contributed by atoms with Crippen LogP contribution in [-0.2, 0) is 16.1 Å². The number of halogens is 1. The minimum Gasteiger partial charge on any atom is -0.466 e. The van der Waals surface area contributed by atoms with Crippen molar-refractivity contribution in [3.05, 3.63) is 35.1 Å². The van der Waals surface area contributed by atoms with Crippen LogP contribution in [0.4, 0.5) is 4.39 Å². The maximum atomic E-state index is 13.5. The van der Waals surface area contributed by atoms with Crippen LogP contribution in [0.5, 0.6) is 0 Å². The molecule has 0 heterocycles. The number of carbonyl (C=O) groups excluding carboxylic acids is 1. The Hall–Kier alpha value is -2.11. The number of rotatable bonds is 10. The van der Waals surface area contributed by atoms with Crippen LogP contribution in [-0.4, -0.2) is 32.1 Å². The summed E-state index contributed by atoms with van der Waals surface area (Å²) in [5, 5.41) is 6.41. The maximum absolute atomic E-state index is 13.5. The van der Waals surface area contributed by atoms with Gasteiger partial charge in [0.05, 0.1) is 6.61 Å². The molecular formula is C19H30FN3O2. The van der Waals surface area contributed by atoms with E-state index < -0.39 is 0 Å². The fourth-order valence-corrected chi connectivity index (χ4v) is 2.34. The van der Waals surface area contributed by atoms with Gasteiger partial charge in [-0.15, -0.1) is 0 Å². The number of hydrogen-bond acceptors (Lipinski definition) is 3. The number of ether oxygens (including phenoxy) is 1. The molecule has 140 valence electrons. The number of esters is 1. The van der Waals surface area contributed by atoms with Gasteiger partial charge in [-0.05, 0) is 43.9 Å². The van der Waals surface area contributed by atoms with Gasteiger partial charge in [0.2, 0.25) is 0 Å². The highest BCUT2D eigenvalue weighted by molar-refractivity contribution is 5.79. The minimum absolute atomic E-state index is 0.113. The van der Waals surface area contributed by atoms with Gasteiger partial charge in [-0.2, -0.15) is 0 Å². The van der Waals surface area contributed by atoms with Crippen molar-refractivity contribution in [1.82, 2.24) is 10.6 Å². The zero-order valence-electron chi connectivity index (χ0n) is 15.5. The summed E-state index contributed by atoms with van der Waals surface area (Å²) in [5.41, 5.74) is 1.53. The third-order valence-electron chi connectivity index (χ3n) is 3.83. The Kier molecular flexibility index (Phi) is 10.3. The van der Waals surface area contributed by atoms with E-state index in [4.69, 9.17) is 4.74 Å². The van der Waals surface area contributed by atoms with E-state index in [1.807, 2.05) is 13.0 Å². The third kappa shape index (κ3) is 9.08. The number of nitrogens with one attached hydrogen (secondary N) is 2. The van der Waals surface area contributed by atoms with E-state index in [0.29, 0.717) is 31.1 Å². The molecule has 0 aliphatic rings. The molecule has 0 saturated carbocycles. The van der Waals surface area contributed by atoms with Crippen LogP contribution in [0.15, 0.2) is 23.2 Å². The van der Waals surface area contributed by atoms with E-state index in [-0.39, 0.29) is 11.8 Å². The highest BCUT2D eigenvalue weighted by Crippen LogP contribution is 2.08. The molecule has 2 N–H and O–H groups in total. The van der Waals surface area contributed by atoms with Crippen LogP contribution in [0.1, 0.15) is 50.2 Å². The summed E-state index contributed by atoms with van der Waals surface area (Å²) in [4.78, 5) is 15.4. The zero-order valence-corrected chi connectivity index (χ0v) is 15.5. The van der Waals surface area contributed by atoms with Gasteiger partial charge in [-0.3, -0.25) is 9.79 Å². The first-order valence-corrected chi connectivity index (χ1v) is 8.92. The average molecular weight is 351 g/mol. The van der Waals surface area contributed by atoms with Crippen LogP contribution in [0.3, 0.4) is 0 Å². The van der Waals surface area contributed by atoms with Crippen LogP contribution < -0.4 is 10.6 Å². The predicted octanol–water partition coefficient (Wildman–Crippen LogP) is 3.31. The second-order valence-electron chi connectivity index (χ2n) is 5.91. The first-order chi connectivity index (χ1) is 12.1. The quantitative estimate of drug-likeness (QED) is 0.294. The fraction of sp³-hybridized carbons (Fsp3) is 0.579. The van der Waals surface area contributed by atoms with E-state index in [1.54, 1.807) is 26.1 Å². The van der Waals surface area contributed by atoms with Crippen LogP contribution in [0.25, 0.3) is 0 Å². The molecule has 1 rings (SSSR count). The normalized spacial score (nSPS) is 11.3. The van der Waals surface area contributed by atoms with E-state index in [2.05, 4.69) is 15.6 Å². The SMILES string of the molecule is CCOC(=O)CCCCCCNC(=NC)NCc1ccc(C)c(F)c1. The summed E-state index contributed by atoms with van der Waals surface area (Å²) in [6.07, 6.45) is 4.42. The number of aliphatic imine (C=N–C) groups is 1. The highest BCUT2D eigenvalue weighted by Gasteiger charge is 2.02. The Bertz CT molecular complexity index is 562. The largest absolute Gasteiger partial charge is 0.466 e. The Morgan fingerprint density at radius 1 is 1.20 bits per heavy atom. The van der Waals surface area contributed by atoms with Gasteiger partial charge < -0.3 is 15.4 Å². The molecule has 0 amide bonds. The van der Waals surface area contributed by atoms with Crippen LogP contribution in [0.2, 0.25) is 0 Å². The van der Waals surface area contributed by atoms with Crippen molar-refractivity contribution in [1.29, 1.82) is 0 Å². The monoisotopic (exact) mass is 351 g/mol. The summed E-state index contributed by atoms with van der Waals surface area (Å²) >= 11 is 0. The fourth-order valence-electron chi connectivity index (χ4n) is 2.34. The Morgan fingerprint density at radius 3 is 2.64 bits per heavy atom. The van der Waals surface area contributed by atoms with E-state index in [9.17, 15) is 9.18 Å². The first-order valence-electron chi connectivity index (χ1n) is 8.92. The van der Waals surface area contributed by atoms with Gasteiger partial charge in [0.15, 0.2) is 5.96 Å². The van der Waals surface area contributed by atoms with Gasteiger partial charge in [0.1, 0.15) is 5.82 Å². The van der Waals surface area contributed by atoms with Crippen LogP contribution >= 0.6 is 0 Å². The Morgan fingerprint density at radius 2 is 1.96 bits per heavy atom. The molecule has 0 atom stereocenters.